The second kappa shape index (κ2) is 9.71. The predicted octanol–water partition coefficient (Wildman–Crippen LogP) is 0.983. The zero-order valence-electron chi connectivity index (χ0n) is 16.2. The SMILES string of the molecule is CN=C(NCCNS(=O)(=O)c1cccs1)NC1CCN(C(=O)C2CCCC2)C1. The van der Waals surface area contributed by atoms with Gasteiger partial charge < -0.3 is 15.5 Å². The summed E-state index contributed by atoms with van der Waals surface area (Å²) in [6.45, 7) is 2.16. The van der Waals surface area contributed by atoms with E-state index in [9.17, 15) is 13.2 Å². The maximum atomic E-state index is 12.5. The summed E-state index contributed by atoms with van der Waals surface area (Å²) in [5.74, 6) is 1.13. The Morgan fingerprint density at radius 3 is 2.75 bits per heavy atom. The van der Waals surface area contributed by atoms with Gasteiger partial charge in [-0.15, -0.1) is 11.3 Å². The smallest absolute Gasteiger partial charge is 0.250 e. The minimum Gasteiger partial charge on any atom is -0.355 e. The Morgan fingerprint density at radius 1 is 1.29 bits per heavy atom. The minimum absolute atomic E-state index is 0.166. The average Bonchev–Trinajstić information content (AvgIpc) is 3.45. The molecule has 1 aliphatic carbocycles. The number of carbonyl (C=O) groups is 1. The lowest BCUT2D eigenvalue weighted by Crippen LogP contribution is -2.47. The standard InChI is InChI=1S/C18H29N5O3S2/c1-19-18(20-9-10-21-28(25,26)16-7-4-12-27-16)22-15-8-11-23(13-15)17(24)14-5-2-3-6-14/h4,7,12,14-15,21H,2-3,5-6,8-11,13H2,1H3,(H2,19,20,22). The number of hydrogen-bond acceptors (Lipinski definition) is 5. The second-order valence-electron chi connectivity index (χ2n) is 7.22. The Morgan fingerprint density at radius 2 is 2.07 bits per heavy atom. The van der Waals surface area contributed by atoms with E-state index in [4.69, 9.17) is 0 Å². The van der Waals surface area contributed by atoms with Crippen LogP contribution in [0.4, 0.5) is 0 Å². The quantitative estimate of drug-likeness (QED) is 0.342. The van der Waals surface area contributed by atoms with Crippen LogP contribution in [0.25, 0.3) is 0 Å². The van der Waals surface area contributed by atoms with Gasteiger partial charge in [-0.25, -0.2) is 13.1 Å². The molecule has 0 radical (unpaired) electrons. The number of thiophene rings is 1. The van der Waals surface area contributed by atoms with Crippen LogP contribution in [0.5, 0.6) is 0 Å². The third-order valence-electron chi connectivity index (χ3n) is 5.24. The van der Waals surface area contributed by atoms with Gasteiger partial charge in [-0.05, 0) is 30.7 Å². The summed E-state index contributed by atoms with van der Waals surface area (Å²) in [5.41, 5.74) is 0. The molecule has 1 aromatic heterocycles. The number of nitrogens with one attached hydrogen (secondary N) is 3. The van der Waals surface area contributed by atoms with E-state index in [-0.39, 0.29) is 18.5 Å². The monoisotopic (exact) mass is 427 g/mol. The number of sulfonamides is 1. The summed E-state index contributed by atoms with van der Waals surface area (Å²) in [4.78, 5) is 18.7. The lowest BCUT2D eigenvalue weighted by molar-refractivity contribution is -0.134. The van der Waals surface area contributed by atoms with Gasteiger partial charge in [0.1, 0.15) is 4.21 Å². The fourth-order valence-electron chi connectivity index (χ4n) is 3.75. The maximum Gasteiger partial charge on any atom is 0.250 e. The van der Waals surface area contributed by atoms with Crippen LogP contribution in [0, 0.1) is 5.92 Å². The molecular weight excluding hydrogens is 398 g/mol. The maximum absolute atomic E-state index is 12.5. The zero-order chi connectivity index (χ0) is 20.0. The summed E-state index contributed by atoms with van der Waals surface area (Å²) >= 11 is 1.19. The molecule has 1 atom stereocenters. The van der Waals surface area contributed by atoms with Crippen LogP contribution >= 0.6 is 11.3 Å². The number of rotatable bonds is 7. The van der Waals surface area contributed by atoms with Crippen molar-refractivity contribution in [2.45, 2.75) is 42.4 Å². The molecular formula is C18H29N5O3S2. The third-order valence-corrected chi connectivity index (χ3v) is 8.10. The summed E-state index contributed by atoms with van der Waals surface area (Å²) < 4.78 is 27.1. The lowest BCUT2D eigenvalue weighted by atomic mass is 10.1. The van der Waals surface area contributed by atoms with Crippen molar-refractivity contribution >= 4 is 33.2 Å². The van der Waals surface area contributed by atoms with Crippen molar-refractivity contribution < 1.29 is 13.2 Å². The first-order valence-corrected chi connectivity index (χ1v) is 12.1. The van der Waals surface area contributed by atoms with Crippen LogP contribution in [0.1, 0.15) is 32.1 Å². The van der Waals surface area contributed by atoms with Crippen molar-refractivity contribution in [1.29, 1.82) is 0 Å². The van der Waals surface area contributed by atoms with Crippen LogP contribution in [-0.2, 0) is 14.8 Å². The number of aliphatic imine (C=N–C) groups is 1. The van der Waals surface area contributed by atoms with Crippen molar-refractivity contribution in [2.24, 2.45) is 10.9 Å². The molecule has 0 spiro atoms. The molecule has 2 heterocycles. The van der Waals surface area contributed by atoms with Gasteiger partial charge in [0.2, 0.25) is 15.9 Å². The number of carbonyl (C=O) groups excluding carboxylic acids is 1. The van der Waals surface area contributed by atoms with Gasteiger partial charge in [0.25, 0.3) is 0 Å². The second-order valence-corrected chi connectivity index (χ2v) is 10.2. The first kappa shape index (κ1) is 21.1. The molecule has 1 saturated heterocycles. The van der Waals surface area contributed by atoms with Crippen molar-refractivity contribution in [1.82, 2.24) is 20.3 Å². The topological polar surface area (TPSA) is 103 Å². The lowest BCUT2D eigenvalue weighted by Gasteiger charge is -2.21. The minimum atomic E-state index is -3.44. The van der Waals surface area contributed by atoms with Crippen LogP contribution in [0.3, 0.4) is 0 Å². The highest BCUT2D eigenvalue weighted by atomic mass is 32.2. The van der Waals surface area contributed by atoms with Gasteiger partial charge in [0.15, 0.2) is 5.96 Å². The predicted molar refractivity (Wildman–Crippen MR) is 111 cm³/mol. The summed E-state index contributed by atoms with van der Waals surface area (Å²) in [6, 6.07) is 3.46. The van der Waals surface area contributed by atoms with E-state index in [1.807, 2.05) is 4.90 Å². The summed E-state index contributed by atoms with van der Waals surface area (Å²) in [6.07, 6.45) is 5.28. The Labute approximate surface area is 170 Å². The molecule has 1 unspecified atom stereocenters. The molecule has 156 valence electrons. The molecule has 3 rings (SSSR count). The Balaban J connectivity index is 1.38. The number of likely N-dealkylation sites (tertiary alicyclic amines) is 1. The highest BCUT2D eigenvalue weighted by Crippen LogP contribution is 2.27. The van der Waals surface area contributed by atoms with E-state index in [0.717, 1.165) is 25.8 Å². The van der Waals surface area contributed by atoms with Crippen molar-refractivity contribution in [3.8, 4) is 0 Å². The fourth-order valence-corrected chi connectivity index (χ4v) is 5.82. The summed E-state index contributed by atoms with van der Waals surface area (Å²) in [5, 5.41) is 8.20. The molecule has 2 fully saturated rings. The van der Waals surface area contributed by atoms with Gasteiger partial charge in [-0.1, -0.05) is 18.9 Å². The van der Waals surface area contributed by atoms with E-state index >= 15 is 0 Å². The molecule has 1 saturated carbocycles. The molecule has 28 heavy (non-hydrogen) atoms. The average molecular weight is 428 g/mol. The van der Waals surface area contributed by atoms with Crippen LogP contribution in [-0.4, -0.2) is 64.5 Å². The van der Waals surface area contributed by atoms with Crippen LogP contribution < -0.4 is 15.4 Å². The molecule has 2 aliphatic rings. The summed E-state index contributed by atoms with van der Waals surface area (Å²) in [7, 11) is -1.76. The van der Waals surface area contributed by atoms with Crippen molar-refractivity contribution in [3.05, 3.63) is 17.5 Å². The Bertz CT molecular complexity index is 773. The largest absolute Gasteiger partial charge is 0.355 e. The highest BCUT2D eigenvalue weighted by molar-refractivity contribution is 7.91. The van der Waals surface area contributed by atoms with Crippen molar-refractivity contribution in [3.63, 3.8) is 0 Å². The van der Waals surface area contributed by atoms with Gasteiger partial charge in [0.05, 0.1) is 0 Å². The first-order valence-electron chi connectivity index (χ1n) is 9.79. The first-order chi connectivity index (χ1) is 13.5. The fraction of sp³-hybridized carbons (Fsp3) is 0.667. The Hall–Kier alpha value is -1.65. The zero-order valence-corrected chi connectivity index (χ0v) is 17.8. The van der Waals surface area contributed by atoms with Gasteiger partial charge in [0, 0.05) is 45.2 Å². The van der Waals surface area contributed by atoms with Crippen LogP contribution in [0.15, 0.2) is 26.7 Å². The van der Waals surface area contributed by atoms with Crippen LogP contribution in [0.2, 0.25) is 0 Å². The van der Waals surface area contributed by atoms with E-state index in [1.165, 1.54) is 24.2 Å². The molecule has 1 aliphatic heterocycles. The molecule has 3 N–H and O–H groups in total. The van der Waals surface area contributed by atoms with E-state index < -0.39 is 10.0 Å². The molecule has 0 bridgehead atoms. The van der Waals surface area contributed by atoms with Crippen molar-refractivity contribution in [2.75, 3.05) is 33.2 Å². The molecule has 0 aromatic carbocycles. The molecule has 1 amide bonds. The third kappa shape index (κ3) is 5.45. The van der Waals surface area contributed by atoms with Gasteiger partial charge in [-0.3, -0.25) is 9.79 Å². The van der Waals surface area contributed by atoms with Gasteiger partial charge >= 0.3 is 0 Å². The van der Waals surface area contributed by atoms with E-state index in [1.54, 1.807) is 24.6 Å². The number of amides is 1. The molecule has 10 heteroatoms. The van der Waals surface area contributed by atoms with Gasteiger partial charge in [-0.2, -0.15) is 0 Å². The number of nitrogens with zero attached hydrogens (tertiary/aromatic N) is 2. The normalized spacial score (nSPS) is 21.2. The highest BCUT2D eigenvalue weighted by Gasteiger charge is 2.32. The number of hydrogen-bond donors (Lipinski definition) is 3. The number of guanidine groups is 1. The molecule has 8 nitrogen and oxygen atoms in total. The van der Waals surface area contributed by atoms with E-state index in [0.29, 0.717) is 29.2 Å². The Kier molecular flexibility index (Phi) is 7.30. The molecule has 1 aromatic rings. The van der Waals surface area contributed by atoms with E-state index in [2.05, 4.69) is 20.3 Å².